The number of hydrogen-bond donors (Lipinski definition) is 1. The Bertz CT molecular complexity index is 657. The molecule has 1 aromatic carbocycles. The second-order valence-corrected chi connectivity index (χ2v) is 4.91. The van der Waals surface area contributed by atoms with Crippen LogP contribution in [-0.4, -0.2) is 20.9 Å². The van der Waals surface area contributed by atoms with E-state index in [2.05, 4.69) is 25.0 Å². The molecule has 0 aliphatic rings. The Morgan fingerprint density at radius 3 is 2.76 bits per heavy atom. The second-order valence-electron chi connectivity index (χ2n) is 4.91. The van der Waals surface area contributed by atoms with Crippen molar-refractivity contribution in [2.24, 2.45) is 0 Å². The predicted octanol–water partition coefficient (Wildman–Crippen LogP) is 3.15. The van der Waals surface area contributed by atoms with Crippen LogP contribution in [0.2, 0.25) is 0 Å². The summed E-state index contributed by atoms with van der Waals surface area (Å²) in [5, 5.41) is 13.3. The highest BCUT2D eigenvalue weighted by atomic mass is 16.4. The summed E-state index contributed by atoms with van der Waals surface area (Å²) in [4.78, 5) is 10.6. The fraction of sp³-hybridized carbons (Fsp3) is 0.294. The number of rotatable bonds is 6. The van der Waals surface area contributed by atoms with Gasteiger partial charge < -0.3 is 5.11 Å². The molecule has 1 aromatic heterocycles. The number of benzene rings is 1. The molecule has 21 heavy (non-hydrogen) atoms. The minimum absolute atomic E-state index is 0.706. The Morgan fingerprint density at radius 1 is 1.29 bits per heavy atom. The van der Waals surface area contributed by atoms with Gasteiger partial charge in [0.1, 0.15) is 0 Å². The number of aryl methyl sites for hydroxylation is 2. The zero-order valence-electron chi connectivity index (χ0n) is 12.4. The fourth-order valence-electron chi connectivity index (χ4n) is 2.24. The minimum Gasteiger partial charge on any atom is -0.478 e. The summed E-state index contributed by atoms with van der Waals surface area (Å²) >= 11 is 0. The van der Waals surface area contributed by atoms with Crippen molar-refractivity contribution in [2.75, 3.05) is 0 Å². The van der Waals surface area contributed by atoms with E-state index < -0.39 is 5.97 Å². The maximum Gasteiger partial charge on any atom is 0.328 e. The predicted molar refractivity (Wildman–Crippen MR) is 83.2 cm³/mol. The monoisotopic (exact) mass is 284 g/mol. The highest BCUT2D eigenvalue weighted by Gasteiger charge is 2.06. The van der Waals surface area contributed by atoms with Crippen molar-refractivity contribution in [2.45, 2.75) is 33.2 Å². The van der Waals surface area contributed by atoms with E-state index in [-0.39, 0.29) is 0 Å². The normalized spacial score (nSPS) is 11.1. The Morgan fingerprint density at radius 2 is 2.10 bits per heavy atom. The van der Waals surface area contributed by atoms with E-state index in [0.29, 0.717) is 6.54 Å². The van der Waals surface area contributed by atoms with Crippen molar-refractivity contribution in [3.05, 3.63) is 58.9 Å². The Hall–Kier alpha value is -2.36. The summed E-state index contributed by atoms with van der Waals surface area (Å²) in [5.74, 6) is -0.937. The molecule has 4 nitrogen and oxygen atoms in total. The molecule has 0 aliphatic heterocycles. The van der Waals surface area contributed by atoms with E-state index in [9.17, 15) is 4.79 Å². The van der Waals surface area contributed by atoms with Crippen molar-refractivity contribution >= 4 is 12.0 Å². The molecule has 0 fully saturated rings. The molecule has 2 rings (SSSR count). The number of carboxylic acids is 1. The van der Waals surface area contributed by atoms with Crippen molar-refractivity contribution < 1.29 is 9.90 Å². The van der Waals surface area contributed by atoms with E-state index in [4.69, 9.17) is 5.11 Å². The SMILES string of the molecule is CCc1cc(CC)n(Cc2cccc(/C=C/C(=O)O)c2)n1. The zero-order chi connectivity index (χ0) is 15.2. The first-order chi connectivity index (χ1) is 10.1. The van der Waals surface area contributed by atoms with Crippen molar-refractivity contribution in [1.82, 2.24) is 9.78 Å². The standard InChI is InChI=1S/C17H20N2O2/c1-3-15-11-16(4-2)19(18-15)12-14-7-5-6-13(10-14)8-9-17(20)21/h5-11H,3-4,12H2,1-2H3,(H,20,21)/b9-8+. The molecule has 0 saturated heterocycles. The number of carbonyl (C=O) groups is 1. The van der Waals surface area contributed by atoms with Gasteiger partial charge in [0.2, 0.25) is 0 Å². The van der Waals surface area contributed by atoms with Gasteiger partial charge in [-0.3, -0.25) is 4.68 Å². The maximum atomic E-state index is 10.6. The average molecular weight is 284 g/mol. The molecular formula is C17H20N2O2. The number of hydrogen-bond acceptors (Lipinski definition) is 2. The third-order valence-corrected chi connectivity index (χ3v) is 3.34. The molecule has 0 amide bonds. The van der Waals surface area contributed by atoms with Crippen LogP contribution in [0.1, 0.15) is 36.4 Å². The van der Waals surface area contributed by atoms with E-state index in [1.54, 1.807) is 6.08 Å². The van der Waals surface area contributed by atoms with Gasteiger partial charge in [0.05, 0.1) is 12.2 Å². The van der Waals surface area contributed by atoms with E-state index in [1.807, 2.05) is 28.9 Å². The molecule has 0 atom stereocenters. The molecule has 0 saturated carbocycles. The van der Waals surface area contributed by atoms with E-state index in [0.717, 1.165) is 35.7 Å². The van der Waals surface area contributed by atoms with Gasteiger partial charge in [-0.05, 0) is 42.2 Å². The first-order valence-electron chi connectivity index (χ1n) is 7.18. The largest absolute Gasteiger partial charge is 0.478 e. The molecular weight excluding hydrogens is 264 g/mol. The van der Waals surface area contributed by atoms with Crippen LogP contribution in [0.25, 0.3) is 6.08 Å². The summed E-state index contributed by atoms with van der Waals surface area (Å²) in [5.41, 5.74) is 4.32. The summed E-state index contributed by atoms with van der Waals surface area (Å²) in [6, 6.07) is 10.0. The smallest absolute Gasteiger partial charge is 0.328 e. The number of nitrogens with zero attached hydrogens (tertiary/aromatic N) is 2. The Kier molecular flexibility index (Phi) is 4.93. The van der Waals surface area contributed by atoms with Crippen LogP contribution in [0, 0.1) is 0 Å². The van der Waals surface area contributed by atoms with Gasteiger partial charge in [0.15, 0.2) is 0 Å². The third kappa shape index (κ3) is 4.05. The first kappa shape index (κ1) is 15.0. The molecule has 0 spiro atoms. The van der Waals surface area contributed by atoms with Crippen LogP contribution in [0.4, 0.5) is 0 Å². The highest BCUT2D eigenvalue weighted by Crippen LogP contribution is 2.12. The quantitative estimate of drug-likeness (QED) is 0.829. The van der Waals surface area contributed by atoms with Crippen molar-refractivity contribution in [3.63, 3.8) is 0 Å². The zero-order valence-corrected chi connectivity index (χ0v) is 12.4. The highest BCUT2D eigenvalue weighted by molar-refractivity contribution is 5.85. The van der Waals surface area contributed by atoms with Crippen LogP contribution in [0.3, 0.4) is 0 Å². The number of aliphatic carboxylic acids is 1. The van der Waals surface area contributed by atoms with Gasteiger partial charge in [0.25, 0.3) is 0 Å². The molecule has 0 unspecified atom stereocenters. The maximum absolute atomic E-state index is 10.6. The van der Waals surface area contributed by atoms with Crippen LogP contribution in [0.5, 0.6) is 0 Å². The van der Waals surface area contributed by atoms with Crippen molar-refractivity contribution in [1.29, 1.82) is 0 Å². The number of carboxylic acid groups (broad SMARTS) is 1. The molecule has 0 bridgehead atoms. The summed E-state index contributed by atoms with van der Waals surface area (Å²) in [7, 11) is 0. The lowest BCUT2D eigenvalue weighted by Gasteiger charge is -2.07. The lowest BCUT2D eigenvalue weighted by molar-refractivity contribution is -0.131. The van der Waals surface area contributed by atoms with Crippen LogP contribution in [0.15, 0.2) is 36.4 Å². The van der Waals surface area contributed by atoms with Gasteiger partial charge in [-0.25, -0.2) is 4.79 Å². The topological polar surface area (TPSA) is 55.1 Å². The summed E-state index contributed by atoms with van der Waals surface area (Å²) < 4.78 is 2.03. The van der Waals surface area contributed by atoms with E-state index in [1.165, 1.54) is 5.69 Å². The minimum atomic E-state index is -0.937. The van der Waals surface area contributed by atoms with Crippen LogP contribution < -0.4 is 0 Å². The first-order valence-corrected chi connectivity index (χ1v) is 7.18. The molecule has 2 aromatic rings. The van der Waals surface area contributed by atoms with Gasteiger partial charge >= 0.3 is 5.97 Å². The fourth-order valence-corrected chi connectivity index (χ4v) is 2.24. The summed E-state index contributed by atoms with van der Waals surface area (Å²) in [6.07, 6.45) is 4.64. The lowest BCUT2D eigenvalue weighted by Crippen LogP contribution is -2.06. The van der Waals surface area contributed by atoms with Gasteiger partial charge in [-0.15, -0.1) is 0 Å². The third-order valence-electron chi connectivity index (χ3n) is 3.34. The average Bonchev–Trinajstić information content (AvgIpc) is 2.87. The van der Waals surface area contributed by atoms with Crippen LogP contribution in [-0.2, 0) is 24.2 Å². The Labute approximate surface area is 124 Å². The van der Waals surface area contributed by atoms with Crippen molar-refractivity contribution in [3.8, 4) is 0 Å². The lowest BCUT2D eigenvalue weighted by atomic mass is 10.1. The van der Waals surface area contributed by atoms with Crippen LogP contribution >= 0.6 is 0 Å². The molecule has 0 radical (unpaired) electrons. The second kappa shape index (κ2) is 6.88. The molecule has 1 N–H and O–H groups in total. The number of aromatic nitrogens is 2. The van der Waals surface area contributed by atoms with Gasteiger partial charge in [0, 0.05) is 11.8 Å². The Balaban J connectivity index is 2.21. The van der Waals surface area contributed by atoms with Gasteiger partial charge in [-0.1, -0.05) is 32.0 Å². The van der Waals surface area contributed by atoms with E-state index >= 15 is 0 Å². The molecule has 1 heterocycles. The molecule has 0 aliphatic carbocycles. The summed E-state index contributed by atoms with van der Waals surface area (Å²) in [6.45, 7) is 4.93. The molecule has 110 valence electrons. The van der Waals surface area contributed by atoms with Gasteiger partial charge in [-0.2, -0.15) is 5.10 Å². The molecule has 4 heteroatoms.